The Morgan fingerprint density at radius 1 is 1.08 bits per heavy atom. The van der Waals surface area contributed by atoms with Gasteiger partial charge in [0.1, 0.15) is 6.33 Å². The Labute approximate surface area is 140 Å². The van der Waals surface area contributed by atoms with Crippen LogP contribution >= 0.6 is 0 Å². The normalized spacial score (nSPS) is 14.5. The lowest BCUT2D eigenvalue weighted by atomic mass is 10.1. The molecule has 4 rings (SSSR count). The third kappa shape index (κ3) is 3.14. The Balaban J connectivity index is 1.35. The molecule has 0 radical (unpaired) electrons. The van der Waals surface area contributed by atoms with Gasteiger partial charge in [-0.1, -0.05) is 24.3 Å². The monoisotopic (exact) mass is 321 g/mol. The Morgan fingerprint density at radius 2 is 1.88 bits per heavy atom. The minimum Gasteiger partial charge on any atom is -0.348 e. The molecule has 0 atom stereocenters. The Kier molecular flexibility index (Phi) is 3.96. The smallest absolute Gasteiger partial charge is 0.253 e. The molecule has 1 N–H and O–H groups in total. The molecule has 1 aromatic carbocycles. The summed E-state index contributed by atoms with van der Waals surface area (Å²) in [6.07, 6.45) is 4.63. The van der Waals surface area contributed by atoms with E-state index in [9.17, 15) is 4.79 Å². The van der Waals surface area contributed by atoms with Crippen LogP contribution in [0.25, 0.3) is 5.65 Å². The molecule has 3 heterocycles. The van der Waals surface area contributed by atoms with E-state index < -0.39 is 0 Å². The summed E-state index contributed by atoms with van der Waals surface area (Å²) in [5.41, 5.74) is 3.74. The zero-order chi connectivity index (χ0) is 16.4. The number of nitrogens with one attached hydrogen (secondary N) is 1. The fourth-order valence-corrected chi connectivity index (χ4v) is 2.81. The van der Waals surface area contributed by atoms with Gasteiger partial charge in [0.15, 0.2) is 5.65 Å². The molecule has 6 heteroatoms. The van der Waals surface area contributed by atoms with E-state index in [-0.39, 0.29) is 5.91 Å². The number of aromatic nitrogens is 3. The van der Waals surface area contributed by atoms with Crippen molar-refractivity contribution in [2.24, 2.45) is 0 Å². The van der Waals surface area contributed by atoms with Gasteiger partial charge in [-0.2, -0.15) is 0 Å². The van der Waals surface area contributed by atoms with E-state index in [0.717, 1.165) is 17.8 Å². The van der Waals surface area contributed by atoms with Crippen molar-refractivity contribution >= 4 is 11.6 Å². The van der Waals surface area contributed by atoms with Gasteiger partial charge in [-0.15, -0.1) is 10.2 Å². The second kappa shape index (κ2) is 6.41. The zero-order valence-electron chi connectivity index (χ0n) is 13.4. The summed E-state index contributed by atoms with van der Waals surface area (Å²) in [6.45, 7) is 3.94. The van der Waals surface area contributed by atoms with E-state index in [1.54, 1.807) is 29.1 Å². The first-order valence-corrected chi connectivity index (χ1v) is 8.16. The third-order valence-corrected chi connectivity index (χ3v) is 4.38. The van der Waals surface area contributed by atoms with Crippen LogP contribution in [0.1, 0.15) is 27.9 Å². The molecule has 1 aliphatic rings. The number of hydrogen-bond donors (Lipinski definition) is 1. The van der Waals surface area contributed by atoms with Gasteiger partial charge in [0.25, 0.3) is 5.91 Å². The van der Waals surface area contributed by atoms with Crippen LogP contribution in [0.5, 0.6) is 0 Å². The lowest BCUT2D eigenvalue weighted by Crippen LogP contribution is -2.36. The lowest BCUT2D eigenvalue weighted by molar-refractivity contribution is 0.0950. The maximum absolute atomic E-state index is 12.3. The molecule has 0 aliphatic carbocycles. The van der Waals surface area contributed by atoms with Crippen molar-refractivity contribution in [1.29, 1.82) is 0 Å². The second-order valence-electron chi connectivity index (χ2n) is 6.14. The quantitative estimate of drug-likeness (QED) is 0.779. The molecular weight excluding hydrogens is 302 g/mol. The lowest BCUT2D eigenvalue weighted by Gasteiger charge is -2.30. The highest BCUT2D eigenvalue weighted by molar-refractivity contribution is 5.94. The number of carbonyl (C=O) groups excluding carboxylic acids is 1. The topological polar surface area (TPSA) is 62.5 Å². The summed E-state index contributed by atoms with van der Waals surface area (Å²) in [5, 5.41) is 10.7. The molecule has 6 nitrogen and oxygen atoms in total. The molecule has 0 spiro atoms. The standard InChI is InChI=1S/C18H19N5O/c24-18(16-6-7-17-21-20-13-23(17)12-16)19-10-14-2-4-15(5-3-14)11-22-8-1-9-22/h2-7,12-13H,1,8-11H2,(H,19,24). The van der Waals surface area contributed by atoms with Crippen molar-refractivity contribution in [2.75, 3.05) is 13.1 Å². The van der Waals surface area contributed by atoms with Crippen molar-refractivity contribution in [1.82, 2.24) is 24.8 Å². The molecule has 0 unspecified atom stereocenters. The van der Waals surface area contributed by atoms with E-state index >= 15 is 0 Å². The van der Waals surface area contributed by atoms with Gasteiger partial charge < -0.3 is 5.32 Å². The van der Waals surface area contributed by atoms with Crippen LogP contribution in [-0.2, 0) is 13.1 Å². The number of fused-ring (bicyclic) bond motifs is 1. The van der Waals surface area contributed by atoms with E-state index in [2.05, 4.69) is 44.7 Å². The summed E-state index contributed by atoms with van der Waals surface area (Å²) in [6, 6.07) is 12.0. The van der Waals surface area contributed by atoms with Gasteiger partial charge >= 0.3 is 0 Å². The van der Waals surface area contributed by atoms with Gasteiger partial charge in [-0.3, -0.25) is 14.1 Å². The Morgan fingerprint density at radius 3 is 2.62 bits per heavy atom. The van der Waals surface area contributed by atoms with Crippen molar-refractivity contribution in [2.45, 2.75) is 19.5 Å². The highest BCUT2D eigenvalue weighted by Gasteiger charge is 2.13. The molecular formula is C18H19N5O. The van der Waals surface area contributed by atoms with Crippen LogP contribution in [0.15, 0.2) is 48.9 Å². The molecule has 0 saturated carbocycles. The maximum atomic E-state index is 12.3. The molecule has 0 bridgehead atoms. The first-order chi connectivity index (χ1) is 11.8. The van der Waals surface area contributed by atoms with Crippen molar-refractivity contribution < 1.29 is 4.79 Å². The SMILES string of the molecule is O=C(NCc1ccc(CN2CCC2)cc1)c1ccc2nncn2c1. The van der Waals surface area contributed by atoms with E-state index in [1.807, 2.05) is 0 Å². The molecule has 3 aromatic rings. The van der Waals surface area contributed by atoms with E-state index in [1.165, 1.54) is 25.1 Å². The molecule has 1 amide bonds. The van der Waals surface area contributed by atoms with Gasteiger partial charge in [0, 0.05) is 19.3 Å². The molecule has 1 fully saturated rings. The Hall–Kier alpha value is -2.73. The van der Waals surface area contributed by atoms with Crippen molar-refractivity contribution in [3.63, 3.8) is 0 Å². The van der Waals surface area contributed by atoms with Gasteiger partial charge in [0.2, 0.25) is 0 Å². The largest absolute Gasteiger partial charge is 0.348 e. The average Bonchev–Trinajstić information content (AvgIpc) is 3.04. The van der Waals surface area contributed by atoms with Crippen molar-refractivity contribution in [3.05, 3.63) is 65.6 Å². The summed E-state index contributed by atoms with van der Waals surface area (Å²) in [5.74, 6) is -0.102. The first-order valence-electron chi connectivity index (χ1n) is 8.16. The summed E-state index contributed by atoms with van der Waals surface area (Å²) in [4.78, 5) is 14.7. The van der Waals surface area contributed by atoms with Crippen LogP contribution in [-0.4, -0.2) is 38.5 Å². The van der Waals surface area contributed by atoms with Crippen LogP contribution < -0.4 is 5.32 Å². The molecule has 1 saturated heterocycles. The predicted octanol–water partition coefficient (Wildman–Crippen LogP) is 1.87. The third-order valence-electron chi connectivity index (χ3n) is 4.38. The Bertz CT molecular complexity index is 851. The highest BCUT2D eigenvalue weighted by Crippen LogP contribution is 2.13. The average molecular weight is 321 g/mol. The minimum absolute atomic E-state index is 0.102. The molecule has 1 aliphatic heterocycles. The second-order valence-corrected chi connectivity index (χ2v) is 6.14. The van der Waals surface area contributed by atoms with Crippen LogP contribution in [0.2, 0.25) is 0 Å². The number of pyridine rings is 1. The number of nitrogens with zero attached hydrogens (tertiary/aromatic N) is 4. The first kappa shape index (κ1) is 14.8. The fraction of sp³-hybridized carbons (Fsp3) is 0.278. The summed E-state index contributed by atoms with van der Waals surface area (Å²) in [7, 11) is 0. The van der Waals surface area contributed by atoms with Crippen LogP contribution in [0, 0.1) is 0 Å². The van der Waals surface area contributed by atoms with Gasteiger partial charge in [-0.25, -0.2) is 0 Å². The number of likely N-dealkylation sites (tertiary alicyclic amines) is 1. The van der Waals surface area contributed by atoms with Gasteiger partial charge in [0.05, 0.1) is 5.56 Å². The number of rotatable bonds is 5. The number of benzene rings is 1. The number of hydrogen-bond acceptors (Lipinski definition) is 4. The van der Waals surface area contributed by atoms with Crippen LogP contribution in [0.4, 0.5) is 0 Å². The van der Waals surface area contributed by atoms with Crippen molar-refractivity contribution in [3.8, 4) is 0 Å². The number of amides is 1. The zero-order valence-corrected chi connectivity index (χ0v) is 13.4. The van der Waals surface area contributed by atoms with E-state index in [4.69, 9.17) is 0 Å². The maximum Gasteiger partial charge on any atom is 0.253 e. The summed E-state index contributed by atoms with van der Waals surface area (Å²) < 4.78 is 1.74. The summed E-state index contributed by atoms with van der Waals surface area (Å²) >= 11 is 0. The predicted molar refractivity (Wildman–Crippen MR) is 90.5 cm³/mol. The highest BCUT2D eigenvalue weighted by atomic mass is 16.1. The van der Waals surface area contributed by atoms with Gasteiger partial charge in [-0.05, 0) is 42.8 Å². The van der Waals surface area contributed by atoms with Crippen LogP contribution in [0.3, 0.4) is 0 Å². The molecule has 122 valence electrons. The molecule has 2 aromatic heterocycles. The van der Waals surface area contributed by atoms with E-state index in [0.29, 0.717) is 12.1 Å². The number of carbonyl (C=O) groups is 1. The molecule has 24 heavy (non-hydrogen) atoms. The minimum atomic E-state index is -0.102. The fourth-order valence-electron chi connectivity index (χ4n) is 2.81.